The summed E-state index contributed by atoms with van der Waals surface area (Å²) in [6, 6.07) is 9.98. The predicted octanol–water partition coefficient (Wildman–Crippen LogP) is 2.98. The largest absolute Gasteiger partial charge is 0.465 e. The maximum atomic E-state index is 12.3. The Balaban J connectivity index is 2.13. The third kappa shape index (κ3) is 4.92. The molecule has 0 aliphatic heterocycles. The van der Waals surface area contributed by atoms with Gasteiger partial charge in [-0.15, -0.1) is 0 Å². The molecule has 0 atom stereocenters. The Labute approximate surface area is 160 Å². The van der Waals surface area contributed by atoms with Gasteiger partial charge in [0.2, 0.25) is 5.91 Å². The number of aryl methyl sites for hydroxylation is 1. The summed E-state index contributed by atoms with van der Waals surface area (Å²) in [7, 11) is 1.26. The molecule has 0 unspecified atom stereocenters. The van der Waals surface area contributed by atoms with Crippen LogP contribution in [-0.2, 0) is 9.53 Å². The number of ether oxygens (including phenoxy) is 1. The van der Waals surface area contributed by atoms with E-state index in [1.165, 1.54) is 20.1 Å². The van der Waals surface area contributed by atoms with Crippen molar-refractivity contribution in [3.63, 3.8) is 0 Å². The maximum absolute atomic E-state index is 12.3. The molecule has 1 amide bonds. The van der Waals surface area contributed by atoms with Crippen molar-refractivity contribution in [3.8, 4) is 6.07 Å². The van der Waals surface area contributed by atoms with Gasteiger partial charge in [-0.25, -0.2) is 9.78 Å². The lowest BCUT2D eigenvalue weighted by atomic mass is 10.1. The van der Waals surface area contributed by atoms with Crippen LogP contribution >= 0.6 is 11.8 Å². The summed E-state index contributed by atoms with van der Waals surface area (Å²) in [5, 5.41) is 12.3. The quantitative estimate of drug-likeness (QED) is 0.464. The first kappa shape index (κ1) is 20.1. The number of aromatic nitrogens is 1. The molecule has 2 rings (SSSR count). The molecule has 8 heteroatoms. The summed E-state index contributed by atoms with van der Waals surface area (Å²) in [5.74, 6) is -1.11. The molecule has 0 bridgehead atoms. The summed E-state index contributed by atoms with van der Waals surface area (Å²) in [5.41, 5.74) is 1.70. The van der Waals surface area contributed by atoms with E-state index in [9.17, 15) is 19.6 Å². The molecule has 0 saturated heterocycles. The monoisotopic (exact) mass is 383 g/mol. The standard InChI is InChI=1S/C19H17N3O4S/c1-11-15(12(2)23)8-13(9-20)18(21-11)27-10-17(24)22-16-7-5-4-6-14(16)19(25)26-3/h4-8H,10H2,1-3H3,(H,22,24). The second-order valence-corrected chi connectivity index (χ2v) is 6.48. The Morgan fingerprint density at radius 1 is 1.26 bits per heavy atom. The SMILES string of the molecule is COC(=O)c1ccccc1NC(=O)CSc1nc(C)c(C(C)=O)cc1C#N. The van der Waals surface area contributed by atoms with Crippen molar-refractivity contribution in [2.45, 2.75) is 18.9 Å². The number of methoxy groups -OCH3 is 1. The van der Waals surface area contributed by atoms with Crippen molar-refractivity contribution in [1.82, 2.24) is 4.98 Å². The molecule has 1 N–H and O–H groups in total. The van der Waals surface area contributed by atoms with Crippen LogP contribution in [-0.4, -0.2) is 35.5 Å². The Kier molecular flexibility index (Phi) is 6.68. The minimum atomic E-state index is -0.553. The summed E-state index contributed by atoms with van der Waals surface area (Å²) in [6.45, 7) is 3.08. The number of anilines is 1. The number of carbonyl (C=O) groups is 3. The molecule has 0 radical (unpaired) electrons. The van der Waals surface area contributed by atoms with Gasteiger partial charge in [-0.05, 0) is 32.0 Å². The summed E-state index contributed by atoms with van der Waals surface area (Å²) >= 11 is 1.08. The fraction of sp³-hybridized carbons (Fsp3) is 0.211. The fourth-order valence-electron chi connectivity index (χ4n) is 2.33. The highest BCUT2D eigenvalue weighted by atomic mass is 32.2. The van der Waals surface area contributed by atoms with Crippen LogP contribution in [0.3, 0.4) is 0 Å². The third-order valence-corrected chi connectivity index (χ3v) is 4.62. The average molecular weight is 383 g/mol. The highest BCUT2D eigenvalue weighted by Gasteiger charge is 2.16. The van der Waals surface area contributed by atoms with Gasteiger partial charge < -0.3 is 10.1 Å². The van der Waals surface area contributed by atoms with E-state index in [1.54, 1.807) is 31.2 Å². The number of pyridine rings is 1. The van der Waals surface area contributed by atoms with Crippen molar-refractivity contribution in [2.75, 3.05) is 18.2 Å². The Morgan fingerprint density at radius 3 is 2.59 bits per heavy atom. The van der Waals surface area contributed by atoms with E-state index in [-0.39, 0.29) is 28.6 Å². The molecule has 1 aromatic carbocycles. The minimum absolute atomic E-state index is 0.0178. The minimum Gasteiger partial charge on any atom is -0.465 e. The Hall–Kier alpha value is -3.18. The van der Waals surface area contributed by atoms with Crippen LogP contribution in [0.1, 0.15) is 38.9 Å². The molecule has 7 nitrogen and oxygen atoms in total. The number of rotatable bonds is 6. The highest BCUT2D eigenvalue weighted by molar-refractivity contribution is 8.00. The van der Waals surface area contributed by atoms with Gasteiger partial charge >= 0.3 is 5.97 Å². The smallest absolute Gasteiger partial charge is 0.339 e. The van der Waals surface area contributed by atoms with Crippen molar-refractivity contribution < 1.29 is 19.1 Å². The number of nitrogens with one attached hydrogen (secondary N) is 1. The Morgan fingerprint density at radius 2 is 1.96 bits per heavy atom. The first-order valence-electron chi connectivity index (χ1n) is 7.90. The van der Waals surface area contributed by atoms with Crippen molar-refractivity contribution in [1.29, 1.82) is 5.26 Å². The van der Waals surface area contributed by atoms with Crippen molar-refractivity contribution in [3.05, 3.63) is 52.7 Å². The van der Waals surface area contributed by atoms with Gasteiger partial charge in [-0.1, -0.05) is 23.9 Å². The third-order valence-electron chi connectivity index (χ3n) is 3.62. The number of nitrogens with zero attached hydrogens (tertiary/aromatic N) is 2. The molecule has 0 spiro atoms. The topological polar surface area (TPSA) is 109 Å². The molecule has 0 fully saturated rings. The van der Waals surface area contributed by atoms with Crippen LogP contribution in [0, 0.1) is 18.3 Å². The van der Waals surface area contributed by atoms with Gasteiger partial charge in [0.05, 0.1) is 29.7 Å². The number of ketones is 1. The van der Waals surface area contributed by atoms with Gasteiger partial charge in [0, 0.05) is 11.3 Å². The lowest BCUT2D eigenvalue weighted by Gasteiger charge is -2.10. The van der Waals surface area contributed by atoms with Gasteiger partial charge in [-0.2, -0.15) is 5.26 Å². The fourth-order valence-corrected chi connectivity index (χ4v) is 3.13. The predicted molar refractivity (Wildman–Crippen MR) is 101 cm³/mol. The molecule has 1 heterocycles. The molecule has 0 aliphatic rings. The molecule has 0 aliphatic carbocycles. The molecular weight excluding hydrogens is 366 g/mol. The van der Waals surface area contributed by atoms with Gasteiger partial charge in [0.15, 0.2) is 5.78 Å². The van der Waals surface area contributed by atoms with Crippen LogP contribution in [0.2, 0.25) is 0 Å². The lowest BCUT2D eigenvalue weighted by Crippen LogP contribution is -2.17. The second-order valence-electron chi connectivity index (χ2n) is 5.52. The zero-order valence-corrected chi connectivity index (χ0v) is 15.8. The number of hydrogen-bond acceptors (Lipinski definition) is 7. The summed E-state index contributed by atoms with van der Waals surface area (Å²) in [6.07, 6.45) is 0. The van der Waals surface area contributed by atoms with E-state index < -0.39 is 5.97 Å². The number of hydrogen-bond donors (Lipinski definition) is 1. The van der Waals surface area contributed by atoms with Gasteiger partial charge in [0.1, 0.15) is 11.1 Å². The normalized spacial score (nSPS) is 10.0. The second kappa shape index (κ2) is 8.96. The number of para-hydroxylation sites is 1. The zero-order chi connectivity index (χ0) is 20.0. The van der Waals surface area contributed by atoms with E-state index >= 15 is 0 Å². The number of Topliss-reactive ketones (excluding diaryl/α,β-unsaturated/α-hetero) is 1. The number of nitriles is 1. The number of thioether (sulfide) groups is 1. The molecule has 1 aromatic heterocycles. The van der Waals surface area contributed by atoms with E-state index in [1.807, 2.05) is 6.07 Å². The van der Waals surface area contributed by atoms with E-state index in [0.29, 0.717) is 22.0 Å². The maximum Gasteiger partial charge on any atom is 0.339 e. The zero-order valence-electron chi connectivity index (χ0n) is 15.0. The average Bonchev–Trinajstić information content (AvgIpc) is 2.65. The van der Waals surface area contributed by atoms with Crippen LogP contribution < -0.4 is 5.32 Å². The first-order chi connectivity index (χ1) is 12.9. The molecule has 138 valence electrons. The number of benzene rings is 1. The number of carbonyl (C=O) groups excluding carboxylic acids is 3. The summed E-state index contributed by atoms with van der Waals surface area (Å²) < 4.78 is 4.69. The van der Waals surface area contributed by atoms with Gasteiger partial charge in [-0.3, -0.25) is 9.59 Å². The van der Waals surface area contributed by atoms with Crippen LogP contribution in [0.5, 0.6) is 0 Å². The van der Waals surface area contributed by atoms with E-state index in [4.69, 9.17) is 4.74 Å². The lowest BCUT2D eigenvalue weighted by molar-refractivity contribution is -0.113. The number of esters is 1. The van der Waals surface area contributed by atoms with Crippen LogP contribution in [0.15, 0.2) is 35.4 Å². The molecular formula is C19H17N3O4S. The van der Waals surface area contributed by atoms with Gasteiger partial charge in [0.25, 0.3) is 0 Å². The van der Waals surface area contributed by atoms with Crippen molar-refractivity contribution in [2.24, 2.45) is 0 Å². The number of amides is 1. The molecule has 2 aromatic rings. The molecule has 27 heavy (non-hydrogen) atoms. The van der Waals surface area contributed by atoms with Crippen LogP contribution in [0.4, 0.5) is 5.69 Å². The Bertz CT molecular complexity index is 950. The first-order valence-corrected chi connectivity index (χ1v) is 8.88. The van der Waals surface area contributed by atoms with Crippen LogP contribution in [0.25, 0.3) is 0 Å². The van der Waals surface area contributed by atoms with E-state index in [0.717, 1.165) is 11.8 Å². The highest BCUT2D eigenvalue weighted by Crippen LogP contribution is 2.24. The van der Waals surface area contributed by atoms with E-state index in [2.05, 4.69) is 10.3 Å². The van der Waals surface area contributed by atoms with Crippen molar-refractivity contribution >= 4 is 35.1 Å². The summed E-state index contributed by atoms with van der Waals surface area (Å²) in [4.78, 5) is 39.8. The molecule has 0 saturated carbocycles.